The molecule has 5 nitrogen and oxygen atoms in total. The summed E-state index contributed by atoms with van der Waals surface area (Å²) in [5, 5.41) is 11.2. The quantitative estimate of drug-likeness (QED) is 0.907. The van der Waals surface area contributed by atoms with Gasteiger partial charge in [-0.05, 0) is 39.3 Å². The van der Waals surface area contributed by atoms with Crippen molar-refractivity contribution in [3.05, 3.63) is 26.6 Å². The van der Waals surface area contributed by atoms with E-state index in [1.54, 1.807) is 11.3 Å². The molecule has 2 aromatic rings. The van der Waals surface area contributed by atoms with Crippen LogP contribution in [0.15, 0.2) is 4.79 Å². The van der Waals surface area contributed by atoms with Gasteiger partial charge in [0.05, 0.1) is 17.5 Å². The second-order valence-corrected chi connectivity index (χ2v) is 7.78. The molecule has 0 atom stereocenters. The molecule has 2 heterocycles. The van der Waals surface area contributed by atoms with Gasteiger partial charge in [0.1, 0.15) is 10.7 Å². The van der Waals surface area contributed by atoms with Crippen LogP contribution in [0.1, 0.15) is 41.9 Å². The molecule has 1 aliphatic carbocycles. The van der Waals surface area contributed by atoms with Gasteiger partial charge in [0.25, 0.3) is 5.56 Å². The molecule has 6 heteroatoms. The zero-order chi connectivity index (χ0) is 15.9. The Hall–Kier alpha value is -1.24. The van der Waals surface area contributed by atoms with E-state index in [4.69, 9.17) is 0 Å². The number of hydrogen-bond donors (Lipinski definition) is 2. The van der Waals surface area contributed by atoms with E-state index in [2.05, 4.69) is 9.97 Å². The Morgan fingerprint density at radius 2 is 2.05 bits per heavy atom. The van der Waals surface area contributed by atoms with E-state index in [0.29, 0.717) is 24.3 Å². The fraction of sp³-hybridized carbons (Fsp3) is 0.625. The van der Waals surface area contributed by atoms with Gasteiger partial charge >= 0.3 is 0 Å². The predicted molar refractivity (Wildman–Crippen MR) is 89.5 cm³/mol. The van der Waals surface area contributed by atoms with Gasteiger partial charge in [0, 0.05) is 11.4 Å². The molecule has 1 saturated carbocycles. The summed E-state index contributed by atoms with van der Waals surface area (Å²) in [4.78, 5) is 23.7. The minimum Gasteiger partial charge on any atom is -0.389 e. The SMILES string of the molecule is Cc1sc2nc(CN(C)CC3(O)CCCC3)[nH]c(=O)c2c1C. The summed E-state index contributed by atoms with van der Waals surface area (Å²) in [5.41, 5.74) is 0.388. The summed E-state index contributed by atoms with van der Waals surface area (Å²) in [6.07, 6.45) is 3.92. The summed E-state index contributed by atoms with van der Waals surface area (Å²) >= 11 is 1.57. The van der Waals surface area contributed by atoms with Crippen molar-refractivity contribution in [1.82, 2.24) is 14.9 Å². The zero-order valence-corrected chi connectivity index (χ0v) is 14.2. The fourth-order valence-electron chi connectivity index (χ4n) is 3.38. The first kappa shape index (κ1) is 15.6. The number of nitrogens with one attached hydrogen (secondary N) is 1. The highest BCUT2D eigenvalue weighted by Gasteiger charge is 2.32. The van der Waals surface area contributed by atoms with Crippen LogP contribution in [0.25, 0.3) is 10.2 Å². The number of rotatable bonds is 4. The molecule has 0 aromatic carbocycles. The third kappa shape index (κ3) is 2.95. The van der Waals surface area contributed by atoms with Crippen molar-refractivity contribution in [2.75, 3.05) is 13.6 Å². The third-order valence-electron chi connectivity index (χ3n) is 4.61. The number of hydrogen-bond acceptors (Lipinski definition) is 5. The number of thiophene rings is 1. The normalized spacial score (nSPS) is 17.7. The van der Waals surface area contributed by atoms with Crippen molar-refractivity contribution >= 4 is 21.6 Å². The molecular formula is C16H23N3O2S. The van der Waals surface area contributed by atoms with Crippen LogP contribution in [-0.2, 0) is 6.54 Å². The Bertz CT molecular complexity index is 744. The van der Waals surface area contributed by atoms with E-state index in [1.165, 1.54) is 0 Å². The Balaban J connectivity index is 1.80. The average Bonchev–Trinajstić information content (AvgIpc) is 2.94. The van der Waals surface area contributed by atoms with E-state index in [1.807, 2.05) is 25.8 Å². The van der Waals surface area contributed by atoms with Gasteiger partial charge in [-0.2, -0.15) is 0 Å². The standard InChI is InChI=1S/C16H23N3O2S/c1-10-11(2)22-15-13(10)14(20)17-12(18-15)8-19(3)9-16(21)6-4-5-7-16/h21H,4-9H2,1-3H3,(H,17,18,20). The van der Waals surface area contributed by atoms with Crippen LogP contribution in [0.5, 0.6) is 0 Å². The van der Waals surface area contributed by atoms with Crippen LogP contribution < -0.4 is 5.56 Å². The monoisotopic (exact) mass is 321 g/mol. The Labute approximate surface area is 134 Å². The van der Waals surface area contributed by atoms with Gasteiger partial charge in [0.2, 0.25) is 0 Å². The van der Waals surface area contributed by atoms with Crippen LogP contribution in [0, 0.1) is 13.8 Å². The first-order chi connectivity index (χ1) is 10.4. The van der Waals surface area contributed by atoms with Gasteiger partial charge < -0.3 is 10.1 Å². The van der Waals surface area contributed by atoms with Gasteiger partial charge in [-0.15, -0.1) is 11.3 Å². The number of aromatic nitrogens is 2. The van der Waals surface area contributed by atoms with Crippen LogP contribution in [0.4, 0.5) is 0 Å². The van der Waals surface area contributed by atoms with Crippen molar-refractivity contribution in [3.8, 4) is 0 Å². The molecule has 22 heavy (non-hydrogen) atoms. The molecule has 0 unspecified atom stereocenters. The summed E-state index contributed by atoms with van der Waals surface area (Å²) in [6.45, 7) is 5.15. The first-order valence-corrected chi connectivity index (χ1v) is 8.59. The smallest absolute Gasteiger partial charge is 0.259 e. The van der Waals surface area contributed by atoms with Crippen LogP contribution in [0.2, 0.25) is 0 Å². The Morgan fingerprint density at radius 3 is 2.73 bits per heavy atom. The van der Waals surface area contributed by atoms with E-state index in [9.17, 15) is 9.90 Å². The van der Waals surface area contributed by atoms with Crippen LogP contribution in [-0.4, -0.2) is 39.2 Å². The molecule has 0 saturated heterocycles. The van der Waals surface area contributed by atoms with E-state index < -0.39 is 5.60 Å². The lowest BCUT2D eigenvalue weighted by Gasteiger charge is -2.28. The number of fused-ring (bicyclic) bond motifs is 1. The van der Waals surface area contributed by atoms with Gasteiger partial charge in [-0.1, -0.05) is 12.8 Å². The number of nitrogens with zero attached hydrogens (tertiary/aromatic N) is 2. The van der Waals surface area contributed by atoms with E-state index >= 15 is 0 Å². The third-order valence-corrected chi connectivity index (χ3v) is 5.71. The van der Waals surface area contributed by atoms with Crippen LogP contribution >= 0.6 is 11.3 Å². The van der Waals surface area contributed by atoms with Crippen molar-refractivity contribution in [1.29, 1.82) is 0 Å². The number of aryl methyl sites for hydroxylation is 2. The van der Waals surface area contributed by atoms with Crippen molar-refractivity contribution < 1.29 is 5.11 Å². The Kier molecular flexibility index (Phi) is 4.09. The predicted octanol–water partition coefficient (Wildman–Crippen LogP) is 2.34. The molecule has 120 valence electrons. The first-order valence-electron chi connectivity index (χ1n) is 7.78. The maximum Gasteiger partial charge on any atom is 0.259 e. The second-order valence-electron chi connectivity index (χ2n) is 6.58. The highest BCUT2D eigenvalue weighted by atomic mass is 32.1. The number of likely N-dealkylation sites (N-methyl/N-ethyl adjacent to an activating group) is 1. The molecule has 1 aliphatic rings. The highest BCUT2D eigenvalue weighted by Crippen LogP contribution is 2.30. The fourth-order valence-corrected chi connectivity index (χ4v) is 4.43. The van der Waals surface area contributed by atoms with Crippen LogP contribution in [0.3, 0.4) is 0 Å². The molecule has 0 bridgehead atoms. The highest BCUT2D eigenvalue weighted by molar-refractivity contribution is 7.18. The number of aliphatic hydroxyl groups is 1. The number of aromatic amines is 1. The largest absolute Gasteiger partial charge is 0.389 e. The molecule has 2 aromatic heterocycles. The maximum atomic E-state index is 12.3. The molecule has 2 N–H and O–H groups in total. The minimum absolute atomic E-state index is 0.0603. The molecule has 0 aliphatic heterocycles. The van der Waals surface area contributed by atoms with Crippen molar-refractivity contribution in [2.45, 2.75) is 51.7 Å². The summed E-state index contributed by atoms with van der Waals surface area (Å²) in [7, 11) is 1.96. The lowest BCUT2D eigenvalue weighted by molar-refractivity contribution is 0.0140. The Morgan fingerprint density at radius 1 is 1.36 bits per heavy atom. The zero-order valence-electron chi connectivity index (χ0n) is 13.4. The molecular weight excluding hydrogens is 298 g/mol. The summed E-state index contributed by atoms with van der Waals surface area (Å²) < 4.78 is 0. The summed E-state index contributed by atoms with van der Waals surface area (Å²) in [6, 6.07) is 0. The molecule has 3 rings (SSSR count). The lowest BCUT2D eigenvalue weighted by atomic mass is 10.0. The average molecular weight is 321 g/mol. The second kappa shape index (κ2) is 5.76. The minimum atomic E-state index is -0.574. The topological polar surface area (TPSA) is 69.2 Å². The maximum absolute atomic E-state index is 12.3. The molecule has 0 radical (unpaired) electrons. The van der Waals surface area contributed by atoms with E-state index in [-0.39, 0.29) is 5.56 Å². The van der Waals surface area contributed by atoms with Gasteiger partial charge in [-0.3, -0.25) is 9.69 Å². The molecule has 0 amide bonds. The van der Waals surface area contributed by atoms with Gasteiger partial charge in [-0.25, -0.2) is 4.98 Å². The number of H-pyrrole nitrogens is 1. The van der Waals surface area contributed by atoms with E-state index in [0.717, 1.165) is 41.0 Å². The lowest BCUT2D eigenvalue weighted by Crippen LogP contribution is -2.39. The van der Waals surface area contributed by atoms with Gasteiger partial charge in [0.15, 0.2) is 0 Å². The molecule has 0 spiro atoms. The van der Waals surface area contributed by atoms with Crippen molar-refractivity contribution in [3.63, 3.8) is 0 Å². The summed E-state index contributed by atoms with van der Waals surface area (Å²) in [5.74, 6) is 0.669. The van der Waals surface area contributed by atoms with Crippen molar-refractivity contribution in [2.24, 2.45) is 0 Å². The molecule has 1 fully saturated rings.